The summed E-state index contributed by atoms with van der Waals surface area (Å²) < 4.78 is 20.9. The van der Waals surface area contributed by atoms with Gasteiger partial charge in [0.25, 0.3) is 0 Å². The Bertz CT molecular complexity index is 257. The average molecular weight is 315 g/mol. The summed E-state index contributed by atoms with van der Waals surface area (Å²) in [5, 5.41) is 5.36. The van der Waals surface area contributed by atoms with E-state index in [0.29, 0.717) is 0 Å². The zero-order valence-corrected chi connectivity index (χ0v) is 15.4. The first kappa shape index (κ1) is 27.0. The summed E-state index contributed by atoms with van der Waals surface area (Å²) in [6.45, 7) is -0.532. The molecule has 0 radical (unpaired) electrons. The van der Waals surface area contributed by atoms with Gasteiger partial charge in [-0.25, -0.2) is 0 Å². The first-order valence-electron chi connectivity index (χ1n) is 3.06. The van der Waals surface area contributed by atoms with Crippen LogP contribution in [0.15, 0.2) is 0 Å². The van der Waals surface area contributed by atoms with Gasteiger partial charge in [-0.15, -0.1) is 12.4 Å². The van der Waals surface area contributed by atoms with E-state index in [1.807, 2.05) is 0 Å². The van der Waals surface area contributed by atoms with Crippen molar-refractivity contribution in [3.05, 3.63) is 0 Å². The van der Waals surface area contributed by atoms with Crippen molar-refractivity contribution in [3.63, 3.8) is 0 Å². The van der Waals surface area contributed by atoms with E-state index in [2.05, 4.69) is 0 Å². The molecular weight excluding hydrogens is 305 g/mol. The third-order valence-corrected chi connectivity index (χ3v) is 5.16. The minimum absolute atomic E-state index is 0. The maximum atomic E-state index is 10.4. The van der Waals surface area contributed by atoms with E-state index in [-0.39, 0.29) is 71.5 Å². The molecule has 0 rings (SSSR count). The molecule has 0 heterocycles. The molecule has 0 aliphatic carbocycles. The Kier molecular flexibility index (Phi) is 15.9. The molecule has 88 valence electrons. The monoisotopic (exact) mass is 315 g/mol. The van der Waals surface area contributed by atoms with Crippen molar-refractivity contribution in [3.8, 4) is 0 Å². The van der Waals surface area contributed by atoms with Gasteiger partial charge in [-0.1, -0.05) is 0 Å². The van der Waals surface area contributed by atoms with Crippen LogP contribution in [-0.2, 0) is 9.13 Å². The third kappa shape index (κ3) is 6.61. The van der Waals surface area contributed by atoms with Crippen molar-refractivity contribution in [1.29, 1.82) is 0 Å². The van der Waals surface area contributed by atoms with Gasteiger partial charge in [-0.2, -0.15) is 0 Å². The van der Waals surface area contributed by atoms with Crippen molar-refractivity contribution >= 4 is 27.6 Å². The molecule has 5 N–H and O–H groups in total. The van der Waals surface area contributed by atoms with Crippen molar-refractivity contribution in [2.75, 3.05) is 6.54 Å². The maximum Gasteiger partial charge on any atom is 1.00 e. The van der Waals surface area contributed by atoms with Crippen LogP contribution in [0, 0.1) is 0 Å². The SMILES string of the molecule is Cl.NCCC(O)(P(=O)([O-])O)P(=O)([O-])O.[Na+].[Na+]. The van der Waals surface area contributed by atoms with Crippen LogP contribution >= 0.6 is 27.6 Å². The number of hydrogen-bond donors (Lipinski definition) is 4. The predicted octanol–water partition coefficient (Wildman–Crippen LogP) is -8.50. The molecule has 2 unspecified atom stereocenters. The van der Waals surface area contributed by atoms with E-state index in [4.69, 9.17) is 20.6 Å². The number of nitrogens with two attached hydrogens (primary N) is 1. The third-order valence-electron chi connectivity index (χ3n) is 1.38. The molecule has 16 heavy (non-hydrogen) atoms. The standard InChI is InChI=1S/C3H11NO7P2.ClH.2Na/c4-2-1-3(5,12(6,7)8)13(9,10)11;;;/h5H,1-2,4H2,(H2,6,7,8)(H2,9,10,11);1H;;/q;;2*+1/p-2. The molecule has 0 saturated heterocycles. The Morgan fingerprint density at radius 3 is 1.44 bits per heavy atom. The summed E-state index contributed by atoms with van der Waals surface area (Å²) >= 11 is 0. The van der Waals surface area contributed by atoms with Crippen molar-refractivity contribution in [2.45, 2.75) is 11.5 Å². The molecule has 0 amide bonds. The molecule has 2 atom stereocenters. The van der Waals surface area contributed by atoms with Gasteiger partial charge in [0.1, 0.15) is 0 Å². The molecule has 0 fully saturated rings. The largest absolute Gasteiger partial charge is 1.00 e. The summed E-state index contributed by atoms with van der Waals surface area (Å²) in [7, 11) is -11.3. The summed E-state index contributed by atoms with van der Waals surface area (Å²) in [6, 6.07) is 0. The topological polar surface area (TPSA) is 167 Å². The van der Waals surface area contributed by atoms with E-state index in [9.17, 15) is 18.9 Å². The first-order chi connectivity index (χ1) is 5.56. The van der Waals surface area contributed by atoms with Crippen LogP contribution in [0.25, 0.3) is 0 Å². The molecule has 8 nitrogen and oxygen atoms in total. The van der Waals surface area contributed by atoms with Crippen LogP contribution in [0.2, 0.25) is 0 Å². The molecule has 0 aromatic heterocycles. The van der Waals surface area contributed by atoms with Gasteiger partial charge in [0, 0.05) is 6.42 Å². The molecule has 0 aromatic carbocycles. The van der Waals surface area contributed by atoms with Gasteiger partial charge in [0.15, 0.2) is 20.3 Å². The van der Waals surface area contributed by atoms with Crippen LogP contribution in [0.1, 0.15) is 6.42 Å². The molecular formula is C3H10ClNNa2O7P2. The van der Waals surface area contributed by atoms with Gasteiger partial charge < -0.3 is 39.5 Å². The van der Waals surface area contributed by atoms with E-state index >= 15 is 0 Å². The van der Waals surface area contributed by atoms with Crippen LogP contribution in [0.5, 0.6) is 0 Å². The predicted molar refractivity (Wildman–Crippen MR) is 45.5 cm³/mol. The summed E-state index contributed by atoms with van der Waals surface area (Å²) in [5.74, 6) is 0. The second-order valence-corrected chi connectivity index (χ2v) is 6.27. The summed E-state index contributed by atoms with van der Waals surface area (Å²) in [5.41, 5.74) is 4.81. The van der Waals surface area contributed by atoms with E-state index in [0.717, 1.165) is 0 Å². The minimum Gasteiger partial charge on any atom is -0.776 e. The molecule has 0 aliphatic heterocycles. The fourth-order valence-electron chi connectivity index (χ4n) is 0.636. The van der Waals surface area contributed by atoms with Crippen molar-refractivity contribution in [2.24, 2.45) is 5.73 Å². The van der Waals surface area contributed by atoms with Gasteiger partial charge in [0.2, 0.25) is 0 Å². The molecule has 0 spiro atoms. The van der Waals surface area contributed by atoms with Crippen LogP contribution in [0.4, 0.5) is 0 Å². The Labute approximate surface area is 143 Å². The minimum atomic E-state index is -5.63. The normalized spacial score (nSPS) is 20.9. The number of aliphatic hydroxyl groups is 1. The van der Waals surface area contributed by atoms with Crippen molar-refractivity contribution < 1.29 is 92.9 Å². The Balaban J connectivity index is -0.000000240. The molecule has 0 aliphatic rings. The fraction of sp³-hybridized carbons (Fsp3) is 1.00. The number of halogens is 1. The second kappa shape index (κ2) is 9.42. The zero-order valence-electron chi connectivity index (χ0n) is 8.77. The Hall–Kier alpha value is 2.51. The van der Waals surface area contributed by atoms with Gasteiger partial charge in [0.05, 0.1) is 0 Å². The van der Waals surface area contributed by atoms with Gasteiger partial charge in [-0.05, 0) is 6.54 Å². The van der Waals surface area contributed by atoms with E-state index in [1.54, 1.807) is 0 Å². The fourth-order valence-corrected chi connectivity index (χ4v) is 2.74. The second-order valence-electron chi connectivity index (χ2n) is 2.35. The van der Waals surface area contributed by atoms with Crippen molar-refractivity contribution in [1.82, 2.24) is 0 Å². The molecule has 13 heteroatoms. The van der Waals surface area contributed by atoms with E-state index < -0.39 is 33.2 Å². The summed E-state index contributed by atoms with van der Waals surface area (Å²) in [4.78, 5) is 37.6. The first-order valence-corrected chi connectivity index (χ1v) is 6.22. The van der Waals surface area contributed by atoms with Gasteiger partial charge >= 0.3 is 59.1 Å². The Morgan fingerprint density at radius 2 is 1.38 bits per heavy atom. The van der Waals surface area contributed by atoms with Crippen LogP contribution in [-0.4, -0.2) is 26.5 Å². The summed E-state index contributed by atoms with van der Waals surface area (Å²) in [6.07, 6.45) is -0.998. The molecule has 0 saturated carbocycles. The number of hydrogen-bond acceptors (Lipinski definition) is 6. The smallest absolute Gasteiger partial charge is 0.776 e. The molecule has 0 bridgehead atoms. The average Bonchev–Trinajstić information content (AvgIpc) is 1.82. The van der Waals surface area contributed by atoms with Gasteiger partial charge in [-0.3, -0.25) is 0 Å². The maximum absolute atomic E-state index is 10.4. The zero-order chi connectivity index (χ0) is 10.9. The Morgan fingerprint density at radius 1 is 1.12 bits per heavy atom. The van der Waals surface area contributed by atoms with E-state index in [1.165, 1.54) is 0 Å². The van der Waals surface area contributed by atoms with Crippen LogP contribution < -0.4 is 74.6 Å². The quantitative estimate of drug-likeness (QED) is 0.293. The van der Waals surface area contributed by atoms with Crippen LogP contribution in [0.3, 0.4) is 0 Å². The molecule has 0 aromatic rings. The number of rotatable bonds is 4.